The van der Waals surface area contributed by atoms with Gasteiger partial charge in [0.1, 0.15) is 11.5 Å². The molecule has 43 heavy (non-hydrogen) atoms. The van der Waals surface area contributed by atoms with Crippen LogP contribution in [-0.4, -0.2) is 53.6 Å². The Labute approximate surface area is 257 Å². The Hall–Kier alpha value is -4.12. The number of anilines is 3. The van der Waals surface area contributed by atoms with Gasteiger partial charge in [0.05, 0.1) is 13.7 Å². The van der Waals surface area contributed by atoms with Crippen molar-refractivity contribution in [2.45, 2.75) is 64.5 Å². The van der Waals surface area contributed by atoms with Crippen LogP contribution in [0.1, 0.15) is 67.8 Å². The van der Waals surface area contributed by atoms with Crippen molar-refractivity contribution in [1.29, 1.82) is 0 Å². The molecular weight excluding hydrogens is 570 g/mol. The fraction of sp³-hybridized carbons (Fsp3) is 0.452. The molecule has 11 nitrogen and oxygen atoms in total. The van der Waals surface area contributed by atoms with E-state index in [2.05, 4.69) is 32.4 Å². The second-order valence-electron chi connectivity index (χ2n) is 10.7. The fourth-order valence-electron chi connectivity index (χ4n) is 5.35. The topological polar surface area (TPSA) is 145 Å². The van der Waals surface area contributed by atoms with E-state index in [4.69, 9.17) is 31.8 Å². The molecule has 1 fully saturated rings. The van der Waals surface area contributed by atoms with E-state index in [0.29, 0.717) is 60.6 Å². The van der Waals surface area contributed by atoms with Gasteiger partial charge in [-0.05, 0) is 74.0 Å². The van der Waals surface area contributed by atoms with E-state index >= 15 is 0 Å². The predicted octanol–water partition coefficient (Wildman–Crippen LogP) is 5.26. The van der Waals surface area contributed by atoms with Crippen LogP contribution < -0.4 is 30.7 Å². The van der Waals surface area contributed by atoms with Crippen LogP contribution in [0.3, 0.4) is 0 Å². The van der Waals surface area contributed by atoms with Crippen molar-refractivity contribution in [1.82, 2.24) is 20.3 Å². The number of aromatic nitrogens is 3. The number of methoxy groups -OCH3 is 1. The number of carbonyl (C=O) groups is 2. The molecule has 1 saturated carbocycles. The summed E-state index contributed by atoms with van der Waals surface area (Å²) in [4.78, 5) is 38.9. The molecule has 1 heterocycles. The molecule has 4 N–H and O–H groups in total. The molecule has 0 aliphatic heterocycles. The van der Waals surface area contributed by atoms with Gasteiger partial charge in [-0.25, -0.2) is 0 Å². The number of primary amides is 1. The number of rotatable bonds is 14. The largest absolute Gasteiger partial charge is 0.496 e. The third-order valence-corrected chi connectivity index (χ3v) is 7.94. The molecule has 0 saturated heterocycles. The van der Waals surface area contributed by atoms with Crippen LogP contribution in [0.4, 0.5) is 17.6 Å². The molecule has 2 amide bonds. The minimum Gasteiger partial charge on any atom is -0.496 e. The summed E-state index contributed by atoms with van der Waals surface area (Å²) in [6.07, 6.45) is 6.90. The summed E-state index contributed by atoms with van der Waals surface area (Å²) in [6.45, 7) is 3.09. The summed E-state index contributed by atoms with van der Waals surface area (Å²) < 4.78 is 11.6. The Balaban J connectivity index is 1.60. The van der Waals surface area contributed by atoms with Crippen LogP contribution in [0.25, 0.3) is 0 Å². The third kappa shape index (κ3) is 8.93. The SMILES string of the molecule is CNC(=O)CCCOc1ccc(CN(c2nc(Cl)nc(Nc3cccc(C(N)=O)c3)n2)[C@@H](C)C2CCCCC2)c(OC)c1. The van der Waals surface area contributed by atoms with E-state index in [1.54, 1.807) is 38.4 Å². The normalized spacial score (nSPS) is 14.0. The van der Waals surface area contributed by atoms with Crippen LogP contribution in [0.5, 0.6) is 11.5 Å². The third-order valence-electron chi connectivity index (χ3n) is 7.78. The van der Waals surface area contributed by atoms with E-state index in [9.17, 15) is 9.59 Å². The van der Waals surface area contributed by atoms with Crippen LogP contribution in [0.2, 0.25) is 5.28 Å². The van der Waals surface area contributed by atoms with Gasteiger partial charge < -0.3 is 30.7 Å². The Morgan fingerprint density at radius 2 is 1.91 bits per heavy atom. The van der Waals surface area contributed by atoms with Gasteiger partial charge in [0.2, 0.25) is 29.0 Å². The van der Waals surface area contributed by atoms with Gasteiger partial charge in [-0.3, -0.25) is 9.59 Å². The lowest BCUT2D eigenvalue weighted by Gasteiger charge is -2.37. The Morgan fingerprint density at radius 1 is 1.12 bits per heavy atom. The number of nitrogens with one attached hydrogen (secondary N) is 2. The first-order valence-electron chi connectivity index (χ1n) is 14.6. The highest BCUT2D eigenvalue weighted by Gasteiger charge is 2.29. The van der Waals surface area contributed by atoms with Crippen LogP contribution >= 0.6 is 11.6 Å². The number of benzene rings is 2. The standard InChI is InChI=1S/C31H40ClN7O4/c1-20(21-9-5-4-6-10-21)39(19-23-14-15-25(18-26(23)42-3)43-16-8-13-27(40)34-2)31-37-29(32)36-30(38-31)35-24-12-7-11-22(17-24)28(33)41/h7,11-12,14-15,17-18,20-21H,4-6,8-10,13,16,19H2,1-3H3,(H2,33,41)(H,34,40)(H,35,36,37,38)/t20-/m0/s1. The smallest absolute Gasteiger partial charge is 0.248 e. The van der Waals surface area contributed by atoms with E-state index in [1.165, 1.54) is 19.3 Å². The average Bonchev–Trinajstić information content (AvgIpc) is 3.02. The molecule has 12 heteroatoms. The van der Waals surface area contributed by atoms with Gasteiger partial charge >= 0.3 is 0 Å². The summed E-state index contributed by atoms with van der Waals surface area (Å²) in [5.74, 6) is 1.94. The molecule has 0 radical (unpaired) electrons. The summed E-state index contributed by atoms with van der Waals surface area (Å²) >= 11 is 6.43. The molecule has 3 aromatic rings. The zero-order valence-electron chi connectivity index (χ0n) is 24.9. The molecule has 1 aromatic heterocycles. The zero-order chi connectivity index (χ0) is 30.8. The van der Waals surface area contributed by atoms with E-state index < -0.39 is 5.91 Å². The van der Waals surface area contributed by atoms with Crippen molar-refractivity contribution in [3.63, 3.8) is 0 Å². The summed E-state index contributed by atoms with van der Waals surface area (Å²) in [5.41, 5.74) is 7.35. The number of ether oxygens (including phenoxy) is 2. The molecule has 0 spiro atoms. The Bertz CT molecular complexity index is 1400. The number of hydrogen-bond acceptors (Lipinski definition) is 9. The first kappa shape index (κ1) is 31.8. The maximum absolute atomic E-state index is 11.7. The monoisotopic (exact) mass is 609 g/mol. The highest BCUT2D eigenvalue weighted by atomic mass is 35.5. The van der Waals surface area contributed by atoms with Crippen LogP contribution in [0, 0.1) is 5.92 Å². The highest BCUT2D eigenvalue weighted by Crippen LogP contribution is 2.34. The van der Waals surface area contributed by atoms with Gasteiger partial charge in [-0.1, -0.05) is 25.3 Å². The predicted molar refractivity (Wildman–Crippen MR) is 167 cm³/mol. The second-order valence-corrected chi connectivity index (χ2v) is 11.0. The summed E-state index contributed by atoms with van der Waals surface area (Å²) in [6, 6.07) is 12.6. The lowest BCUT2D eigenvalue weighted by atomic mass is 9.84. The lowest BCUT2D eigenvalue weighted by Crippen LogP contribution is -2.40. The van der Waals surface area contributed by atoms with E-state index in [0.717, 1.165) is 18.4 Å². The zero-order valence-corrected chi connectivity index (χ0v) is 25.7. The molecule has 1 atom stereocenters. The molecule has 0 unspecified atom stereocenters. The number of carbonyl (C=O) groups excluding carboxylic acids is 2. The Morgan fingerprint density at radius 3 is 2.63 bits per heavy atom. The lowest BCUT2D eigenvalue weighted by molar-refractivity contribution is -0.120. The van der Waals surface area contributed by atoms with Crippen molar-refractivity contribution in [3.05, 3.63) is 58.9 Å². The van der Waals surface area contributed by atoms with Gasteiger partial charge in [0.25, 0.3) is 0 Å². The van der Waals surface area contributed by atoms with Crippen molar-refractivity contribution in [2.75, 3.05) is 31.0 Å². The van der Waals surface area contributed by atoms with Gasteiger partial charge in [0, 0.05) is 48.9 Å². The van der Waals surface area contributed by atoms with Crippen molar-refractivity contribution in [2.24, 2.45) is 11.7 Å². The van der Waals surface area contributed by atoms with Crippen molar-refractivity contribution in [3.8, 4) is 11.5 Å². The van der Waals surface area contributed by atoms with Crippen molar-refractivity contribution >= 4 is 41.0 Å². The number of amides is 2. The quantitative estimate of drug-likeness (QED) is 0.208. The molecule has 230 valence electrons. The molecule has 1 aliphatic rings. The minimum atomic E-state index is -0.528. The first-order chi connectivity index (χ1) is 20.8. The molecule has 2 aromatic carbocycles. The summed E-state index contributed by atoms with van der Waals surface area (Å²) in [7, 11) is 3.25. The molecule has 4 rings (SSSR count). The minimum absolute atomic E-state index is 0.0142. The number of hydrogen-bond donors (Lipinski definition) is 3. The maximum Gasteiger partial charge on any atom is 0.248 e. The van der Waals surface area contributed by atoms with Crippen LogP contribution in [0.15, 0.2) is 42.5 Å². The number of nitrogens with two attached hydrogens (primary N) is 1. The number of nitrogens with zero attached hydrogens (tertiary/aromatic N) is 4. The van der Waals surface area contributed by atoms with Gasteiger partial charge in [-0.2, -0.15) is 15.0 Å². The first-order valence-corrected chi connectivity index (χ1v) is 15.0. The highest BCUT2D eigenvalue weighted by molar-refractivity contribution is 6.28. The maximum atomic E-state index is 11.7. The van der Waals surface area contributed by atoms with E-state index in [1.807, 2.05) is 18.2 Å². The Kier molecular flexibility index (Phi) is 11.4. The van der Waals surface area contributed by atoms with Crippen molar-refractivity contribution < 1.29 is 19.1 Å². The number of halogens is 1. The fourth-order valence-corrected chi connectivity index (χ4v) is 5.50. The molecule has 0 bridgehead atoms. The van der Waals surface area contributed by atoms with Gasteiger partial charge in [0.15, 0.2) is 0 Å². The van der Waals surface area contributed by atoms with Gasteiger partial charge in [-0.15, -0.1) is 0 Å². The van der Waals surface area contributed by atoms with E-state index in [-0.39, 0.29) is 23.2 Å². The molecule has 1 aliphatic carbocycles. The van der Waals surface area contributed by atoms with Crippen LogP contribution in [-0.2, 0) is 11.3 Å². The average molecular weight is 610 g/mol. The molecular formula is C31H40ClN7O4. The summed E-state index contributed by atoms with van der Waals surface area (Å²) in [5, 5.41) is 5.80. The second kappa shape index (κ2) is 15.4.